The van der Waals surface area contributed by atoms with Gasteiger partial charge in [-0.3, -0.25) is 5.01 Å². The van der Waals surface area contributed by atoms with Crippen molar-refractivity contribution >= 4 is 11.4 Å². The molecule has 1 aliphatic rings. The van der Waals surface area contributed by atoms with E-state index in [0.717, 1.165) is 23.6 Å². The fraction of sp³-hybridized carbons (Fsp3) is 0.208. The molecule has 0 radical (unpaired) electrons. The van der Waals surface area contributed by atoms with Gasteiger partial charge in [-0.25, -0.2) is 0 Å². The normalized spacial score (nSPS) is 16.3. The van der Waals surface area contributed by atoms with Crippen LogP contribution in [-0.4, -0.2) is 12.8 Å². The van der Waals surface area contributed by atoms with Crippen LogP contribution in [0.1, 0.15) is 34.7 Å². The summed E-state index contributed by atoms with van der Waals surface area (Å²) in [5, 5.41) is 7.19. The van der Waals surface area contributed by atoms with E-state index in [1.165, 1.54) is 22.3 Å². The van der Waals surface area contributed by atoms with Crippen molar-refractivity contribution in [1.82, 2.24) is 0 Å². The monoisotopic (exact) mass is 356 g/mol. The van der Waals surface area contributed by atoms with E-state index in [1.54, 1.807) is 7.11 Å². The fourth-order valence-electron chi connectivity index (χ4n) is 3.71. The van der Waals surface area contributed by atoms with Crippen LogP contribution in [0.15, 0.2) is 77.9 Å². The van der Waals surface area contributed by atoms with Crippen molar-refractivity contribution in [2.24, 2.45) is 5.10 Å². The molecule has 0 fully saturated rings. The number of para-hydroxylation sites is 1. The molecule has 0 amide bonds. The maximum absolute atomic E-state index is 5.32. The van der Waals surface area contributed by atoms with Crippen molar-refractivity contribution in [2.75, 3.05) is 12.1 Å². The molecule has 3 nitrogen and oxygen atoms in total. The molecular weight excluding hydrogens is 332 g/mol. The Morgan fingerprint density at radius 3 is 2.33 bits per heavy atom. The lowest BCUT2D eigenvalue weighted by atomic mass is 9.95. The van der Waals surface area contributed by atoms with E-state index in [9.17, 15) is 0 Å². The molecule has 1 atom stereocenters. The van der Waals surface area contributed by atoms with Crippen molar-refractivity contribution in [3.63, 3.8) is 0 Å². The minimum absolute atomic E-state index is 0.175. The topological polar surface area (TPSA) is 24.8 Å². The SMILES string of the molecule is COc1ccc([C@H]2CC(c3ccc(C)cc3C)=NN2c2ccccc2)cc1. The molecule has 0 aliphatic carbocycles. The molecule has 136 valence electrons. The smallest absolute Gasteiger partial charge is 0.118 e. The maximum atomic E-state index is 5.32. The minimum Gasteiger partial charge on any atom is -0.497 e. The average Bonchev–Trinajstić information content (AvgIpc) is 3.14. The van der Waals surface area contributed by atoms with Crippen LogP contribution in [0.2, 0.25) is 0 Å². The van der Waals surface area contributed by atoms with Gasteiger partial charge in [-0.05, 0) is 49.2 Å². The van der Waals surface area contributed by atoms with E-state index < -0.39 is 0 Å². The number of aryl methyl sites for hydroxylation is 2. The van der Waals surface area contributed by atoms with Crippen molar-refractivity contribution in [3.8, 4) is 5.75 Å². The van der Waals surface area contributed by atoms with Crippen LogP contribution in [0, 0.1) is 13.8 Å². The van der Waals surface area contributed by atoms with Gasteiger partial charge in [0.15, 0.2) is 0 Å². The first-order valence-electron chi connectivity index (χ1n) is 9.29. The van der Waals surface area contributed by atoms with Crippen molar-refractivity contribution in [1.29, 1.82) is 0 Å². The van der Waals surface area contributed by atoms with E-state index >= 15 is 0 Å². The summed E-state index contributed by atoms with van der Waals surface area (Å²) in [6.07, 6.45) is 0.880. The molecule has 3 heteroatoms. The van der Waals surface area contributed by atoms with Crippen LogP contribution in [0.25, 0.3) is 0 Å². The second kappa shape index (κ2) is 7.28. The van der Waals surface area contributed by atoms with Crippen LogP contribution in [-0.2, 0) is 0 Å². The van der Waals surface area contributed by atoms with Gasteiger partial charge in [-0.1, -0.05) is 54.1 Å². The second-order valence-electron chi connectivity index (χ2n) is 7.04. The van der Waals surface area contributed by atoms with E-state index in [-0.39, 0.29) is 6.04 Å². The van der Waals surface area contributed by atoms with Crippen LogP contribution < -0.4 is 9.75 Å². The standard InChI is InChI=1S/C24H24N2O/c1-17-9-14-22(18(2)15-17)23-16-24(19-10-12-21(27-3)13-11-19)26(25-23)20-7-5-4-6-8-20/h4-15,24H,16H2,1-3H3/t24-/m1/s1. The number of benzene rings is 3. The van der Waals surface area contributed by atoms with Crippen LogP contribution in [0.4, 0.5) is 5.69 Å². The molecule has 0 N–H and O–H groups in total. The van der Waals surface area contributed by atoms with Crippen molar-refractivity contribution in [2.45, 2.75) is 26.3 Å². The lowest BCUT2D eigenvalue weighted by Crippen LogP contribution is -2.18. The minimum atomic E-state index is 0.175. The number of nitrogens with zero attached hydrogens (tertiary/aromatic N) is 2. The van der Waals surface area contributed by atoms with Gasteiger partial charge >= 0.3 is 0 Å². The molecule has 0 bridgehead atoms. The number of ether oxygens (including phenoxy) is 1. The lowest BCUT2D eigenvalue weighted by molar-refractivity contribution is 0.414. The number of anilines is 1. The molecule has 0 unspecified atom stereocenters. The molecule has 3 aromatic carbocycles. The summed E-state index contributed by atoms with van der Waals surface area (Å²) in [4.78, 5) is 0. The van der Waals surface area contributed by atoms with Gasteiger partial charge in [-0.15, -0.1) is 0 Å². The molecule has 1 aliphatic heterocycles. The number of hydrogen-bond donors (Lipinski definition) is 0. The molecule has 0 aromatic heterocycles. The molecule has 0 saturated heterocycles. The molecular formula is C24H24N2O. The predicted molar refractivity (Wildman–Crippen MR) is 112 cm³/mol. The molecule has 3 aromatic rings. The van der Waals surface area contributed by atoms with Crippen molar-refractivity contribution < 1.29 is 4.74 Å². The lowest BCUT2D eigenvalue weighted by Gasteiger charge is -2.24. The van der Waals surface area contributed by atoms with Crippen LogP contribution in [0.5, 0.6) is 5.75 Å². The van der Waals surface area contributed by atoms with Gasteiger partial charge in [0.1, 0.15) is 5.75 Å². The Labute approximate surface area is 160 Å². The first kappa shape index (κ1) is 17.3. The van der Waals surface area contributed by atoms with Gasteiger partial charge < -0.3 is 4.74 Å². The summed E-state index contributed by atoms with van der Waals surface area (Å²) in [6.45, 7) is 4.29. The zero-order valence-corrected chi connectivity index (χ0v) is 16.0. The Hall–Kier alpha value is -3.07. The highest BCUT2D eigenvalue weighted by Crippen LogP contribution is 2.37. The number of methoxy groups -OCH3 is 1. The third-order valence-corrected chi connectivity index (χ3v) is 5.12. The summed E-state index contributed by atoms with van der Waals surface area (Å²) >= 11 is 0. The fourth-order valence-corrected chi connectivity index (χ4v) is 3.71. The Bertz CT molecular complexity index is 961. The highest BCUT2D eigenvalue weighted by molar-refractivity contribution is 6.04. The Morgan fingerprint density at radius 1 is 0.926 bits per heavy atom. The molecule has 0 spiro atoms. The Balaban J connectivity index is 1.74. The average molecular weight is 356 g/mol. The van der Waals surface area contributed by atoms with Gasteiger partial charge in [0, 0.05) is 12.0 Å². The van der Waals surface area contributed by atoms with Crippen molar-refractivity contribution in [3.05, 3.63) is 95.1 Å². The molecule has 27 heavy (non-hydrogen) atoms. The zero-order valence-electron chi connectivity index (χ0n) is 16.0. The van der Waals surface area contributed by atoms with Crippen LogP contribution in [0.3, 0.4) is 0 Å². The quantitative estimate of drug-likeness (QED) is 0.602. The third-order valence-electron chi connectivity index (χ3n) is 5.12. The van der Waals surface area contributed by atoms with E-state index in [2.05, 4.69) is 73.5 Å². The molecule has 1 heterocycles. The first-order valence-corrected chi connectivity index (χ1v) is 9.29. The number of hydrogen-bond acceptors (Lipinski definition) is 3. The molecule has 0 saturated carbocycles. The first-order chi connectivity index (χ1) is 13.2. The summed E-state index contributed by atoms with van der Waals surface area (Å²) in [6, 6.07) is 25.5. The molecule has 4 rings (SSSR count). The highest BCUT2D eigenvalue weighted by atomic mass is 16.5. The summed E-state index contributed by atoms with van der Waals surface area (Å²) in [7, 11) is 1.70. The Kier molecular flexibility index (Phi) is 4.68. The van der Waals surface area contributed by atoms with E-state index in [4.69, 9.17) is 9.84 Å². The number of rotatable bonds is 4. The van der Waals surface area contributed by atoms with Gasteiger partial charge in [0.05, 0.1) is 24.6 Å². The number of hydrazone groups is 1. The second-order valence-corrected chi connectivity index (χ2v) is 7.04. The van der Waals surface area contributed by atoms with Gasteiger partial charge in [0.2, 0.25) is 0 Å². The predicted octanol–water partition coefficient (Wildman–Crippen LogP) is 5.67. The maximum Gasteiger partial charge on any atom is 0.118 e. The highest BCUT2D eigenvalue weighted by Gasteiger charge is 2.30. The summed E-state index contributed by atoms with van der Waals surface area (Å²) in [5.74, 6) is 0.874. The van der Waals surface area contributed by atoms with E-state index in [1.807, 2.05) is 18.2 Å². The zero-order chi connectivity index (χ0) is 18.8. The summed E-state index contributed by atoms with van der Waals surface area (Å²) < 4.78 is 5.32. The van der Waals surface area contributed by atoms with Gasteiger partial charge in [-0.2, -0.15) is 5.10 Å². The van der Waals surface area contributed by atoms with E-state index in [0.29, 0.717) is 0 Å². The van der Waals surface area contributed by atoms with Crippen LogP contribution >= 0.6 is 0 Å². The van der Waals surface area contributed by atoms with Gasteiger partial charge in [0.25, 0.3) is 0 Å². The summed E-state index contributed by atoms with van der Waals surface area (Å²) in [5.41, 5.74) is 7.27. The Morgan fingerprint density at radius 2 is 1.67 bits per heavy atom. The third kappa shape index (κ3) is 3.45. The largest absolute Gasteiger partial charge is 0.497 e.